The van der Waals surface area contributed by atoms with E-state index in [1.165, 1.54) is 0 Å². The summed E-state index contributed by atoms with van der Waals surface area (Å²) in [5.74, 6) is 0.0954. The van der Waals surface area contributed by atoms with Gasteiger partial charge in [0.25, 0.3) is 0 Å². The van der Waals surface area contributed by atoms with Crippen molar-refractivity contribution in [1.29, 1.82) is 0 Å². The van der Waals surface area contributed by atoms with Crippen LogP contribution in [0.5, 0.6) is 0 Å². The number of carbonyl (C=O) groups is 1. The highest BCUT2D eigenvalue weighted by molar-refractivity contribution is 6.30. The molecule has 2 N–H and O–H groups in total. The fourth-order valence-electron chi connectivity index (χ4n) is 2.84. The second kappa shape index (κ2) is 4.78. The van der Waals surface area contributed by atoms with E-state index in [-0.39, 0.29) is 5.91 Å². The lowest BCUT2D eigenvalue weighted by Crippen LogP contribution is -2.35. The number of fused-ring (bicyclic) bond motifs is 1. The second-order valence-electron chi connectivity index (χ2n) is 5.88. The third-order valence-electron chi connectivity index (χ3n) is 4.08. The third kappa shape index (κ3) is 2.18. The number of halogens is 1. The summed E-state index contributed by atoms with van der Waals surface area (Å²) in [6.07, 6.45) is 0. The Kier molecular flexibility index (Phi) is 3.18. The summed E-state index contributed by atoms with van der Waals surface area (Å²) >= 11 is 5.93. The number of hydrogen-bond acceptors (Lipinski definition) is 2. The first-order valence-electron chi connectivity index (χ1n) is 6.86. The number of benzene rings is 2. The average molecular weight is 301 g/mol. The molecule has 0 bridgehead atoms. The Morgan fingerprint density at radius 2 is 1.90 bits per heavy atom. The second-order valence-corrected chi connectivity index (χ2v) is 6.31. The van der Waals surface area contributed by atoms with Crippen LogP contribution < -0.4 is 10.6 Å². The number of amides is 1. The van der Waals surface area contributed by atoms with Crippen LogP contribution in [0.3, 0.4) is 0 Å². The summed E-state index contributed by atoms with van der Waals surface area (Å²) in [6.45, 7) is 4.38. The summed E-state index contributed by atoms with van der Waals surface area (Å²) in [5.41, 5.74) is 9.04. The van der Waals surface area contributed by atoms with Gasteiger partial charge in [-0.15, -0.1) is 0 Å². The van der Waals surface area contributed by atoms with Crippen molar-refractivity contribution >= 4 is 28.9 Å². The Balaban J connectivity index is 2.02. The van der Waals surface area contributed by atoms with Crippen LogP contribution in [0.15, 0.2) is 42.5 Å². The van der Waals surface area contributed by atoms with Gasteiger partial charge in [-0.05, 0) is 43.2 Å². The van der Waals surface area contributed by atoms with Crippen molar-refractivity contribution in [3.63, 3.8) is 0 Å². The quantitative estimate of drug-likeness (QED) is 0.859. The van der Waals surface area contributed by atoms with Gasteiger partial charge in [-0.25, -0.2) is 0 Å². The molecule has 1 amide bonds. The molecule has 0 radical (unpaired) electrons. The summed E-state index contributed by atoms with van der Waals surface area (Å²) in [7, 11) is 0. The highest BCUT2D eigenvalue weighted by Gasteiger charge is 2.43. The summed E-state index contributed by atoms with van der Waals surface area (Å²) in [4.78, 5) is 14.5. The Labute approximate surface area is 129 Å². The van der Waals surface area contributed by atoms with E-state index in [2.05, 4.69) is 0 Å². The van der Waals surface area contributed by atoms with E-state index in [4.69, 9.17) is 17.3 Å². The molecule has 3 nitrogen and oxygen atoms in total. The molecule has 0 atom stereocenters. The van der Waals surface area contributed by atoms with E-state index in [9.17, 15) is 4.79 Å². The zero-order valence-electron chi connectivity index (χ0n) is 12.1. The van der Waals surface area contributed by atoms with Crippen LogP contribution in [0.1, 0.15) is 25.0 Å². The van der Waals surface area contributed by atoms with Crippen LogP contribution in [0, 0.1) is 0 Å². The number of nitrogen functional groups attached to an aromatic ring is 1. The third-order valence-corrected chi connectivity index (χ3v) is 4.32. The highest BCUT2D eigenvalue weighted by atomic mass is 35.5. The van der Waals surface area contributed by atoms with E-state index in [1.54, 1.807) is 17.0 Å². The molecule has 1 heterocycles. The number of nitrogens with two attached hydrogens (primary N) is 1. The summed E-state index contributed by atoms with van der Waals surface area (Å²) < 4.78 is 0. The number of hydrogen-bond donors (Lipinski definition) is 1. The zero-order valence-corrected chi connectivity index (χ0v) is 12.8. The van der Waals surface area contributed by atoms with Crippen LogP contribution in [0.2, 0.25) is 5.02 Å². The average Bonchev–Trinajstić information content (AvgIpc) is 2.63. The molecular formula is C17H17ClN2O. The van der Waals surface area contributed by atoms with Crippen LogP contribution in [-0.2, 0) is 16.8 Å². The molecule has 0 unspecified atom stereocenters. The minimum absolute atomic E-state index is 0.0954. The maximum absolute atomic E-state index is 12.7. The Hall–Kier alpha value is -2.00. The minimum Gasteiger partial charge on any atom is -0.398 e. The standard InChI is InChI=1S/C17H17ClN2O/c1-17(2)13-5-3-4-6-15(13)20(16(17)21)10-11-7-8-12(18)9-14(11)19/h3-9H,10,19H2,1-2H3. The monoisotopic (exact) mass is 300 g/mol. The lowest BCUT2D eigenvalue weighted by Gasteiger charge is -2.21. The van der Waals surface area contributed by atoms with Crippen molar-refractivity contribution < 1.29 is 4.79 Å². The number of carbonyl (C=O) groups excluding carboxylic acids is 1. The molecule has 0 aliphatic carbocycles. The predicted molar refractivity (Wildman–Crippen MR) is 86.5 cm³/mol. The number of nitrogens with zero attached hydrogens (tertiary/aromatic N) is 1. The largest absolute Gasteiger partial charge is 0.398 e. The molecule has 3 rings (SSSR count). The maximum Gasteiger partial charge on any atom is 0.237 e. The molecular weight excluding hydrogens is 284 g/mol. The number of rotatable bonds is 2. The van der Waals surface area contributed by atoms with Gasteiger partial charge in [0.05, 0.1) is 12.0 Å². The first-order chi connectivity index (χ1) is 9.91. The molecule has 0 spiro atoms. The van der Waals surface area contributed by atoms with Gasteiger partial charge in [0.2, 0.25) is 5.91 Å². The zero-order chi connectivity index (χ0) is 15.2. The van der Waals surface area contributed by atoms with Gasteiger partial charge in [0, 0.05) is 16.4 Å². The van der Waals surface area contributed by atoms with Crippen molar-refractivity contribution in [1.82, 2.24) is 0 Å². The van der Waals surface area contributed by atoms with Gasteiger partial charge in [-0.1, -0.05) is 35.9 Å². The number of anilines is 2. The molecule has 2 aromatic rings. The molecule has 0 fully saturated rings. The number of para-hydroxylation sites is 1. The normalized spacial score (nSPS) is 16.1. The Bertz CT molecular complexity index is 724. The van der Waals surface area contributed by atoms with E-state index in [0.717, 1.165) is 16.8 Å². The summed E-state index contributed by atoms with van der Waals surface area (Å²) in [5, 5.41) is 0.602. The molecule has 1 aliphatic heterocycles. The molecule has 0 saturated carbocycles. The fraction of sp³-hybridized carbons (Fsp3) is 0.235. The molecule has 0 saturated heterocycles. The van der Waals surface area contributed by atoms with Gasteiger partial charge in [-0.2, -0.15) is 0 Å². The van der Waals surface area contributed by atoms with E-state index in [1.807, 2.05) is 44.2 Å². The maximum atomic E-state index is 12.7. The van der Waals surface area contributed by atoms with Crippen LogP contribution in [-0.4, -0.2) is 5.91 Å². The topological polar surface area (TPSA) is 46.3 Å². The fourth-order valence-corrected chi connectivity index (χ4v) is 3.02. The van der Waals surface area contributed by atoms with E-state index in [0.29, 0.717) is 17.3 Å². The molecule has 1 aliphatic rings. The van der Waals surface area contributed by atoms with Crippen molar-refractivity contribution in [3.05, 3.63) is 58.6 Å². The molecule has 4 heteroatoms. The lowest BCUT2D eigenvalue weighted by molar-refractivity contribution is -0.122. The molecule has 108 valence electrons. The van der Waals surface area contributed by atoms with E-state index < -0.39 is 5.41 Å². The molecule has 0 aromatic heterocycles. The molecule has 2 aromatic carbocycles. The van der Waals surface area contributed by atoms with Gasteiger partial charge in [0.15, 0.2) is 0 Å². The first-order valence-corrected chi connectivity index (χ1v) is 7.24. The van der Waals surface area contributed by atoms with Crippen molar-refractivity contribution in [3.8, 4) is 0 Å². The SMILES string of the molecule is CC1(C)C(=O)N(Cc2ccc(Cl)cc2N)c2ccccc21. The van der Waals surface area contributed by atoms with Crippen LogP contribution >= 0.6 is 11.6 Å². The Morgan fingerprint density at radius 3 is 2.62 bits per heavy atom. The lowest BCUT2D eigenvalue weighted by atomic mass is 9.86. The predicted octanol–water partition coefficient (Wildman–Crippen LogP) is 3.75. The van der Waals surface area contributed by atoms with Gasteiger partial charge >= 0.3 is 0 Å². The van der Waals surface area contributed by atoms with Crippen molar-refractivity contribution in [2.24, 2.45) is 0 Å². The Morgan fingerprint density at radius 1 is 1.19 bits per heavy atom. The minimum atomic E-state index is -0.502. The van der Waals surface area contributed by atoms with Crippen molar-refractivity contribution in [2.45, 2.75) is 25.8 Å². The van der Waals surface area contributed by atoms with Gasteiger partial charge in [0.1, 0.15) is 0 Å². The van der Waals surface area contributed by atoms with Crippen LogP contribution in [0.25, 0.3) is 0 Å². The molecule has 21 heavy (non-hydrogen) atoms. The smallest absolute Gasteiger partial charge is 0.237 e. The first kappa shape index (κ1) is 14.0. The van der Waals surface area contributed by atoms with Gasteiger partial charge < -0.3 is 10.6 Å². The van der Waals surface area contributed by atoms with Gasteiger partial charge in [-0.3, -0.25) is 4.79 Å². The van der Waals surface area contributed by atoms with Crippen molar-refractivity contribution in [2.75, 3.05) is 10.6 Å². The summed E-state index contributed by atoms with van der Waals surface area (Å²) in [6, 6.07) is 13.3. The van der Waals surface area contributed by atoms with E-state index >= 15 is 0 Å². The highest BCUT2D eigenvalue weighted by Crippen LogP contribution is 2.42. The van der Waals surface area contributed by atoms with Crippen LogP contribution in [0.4, 0.5) is 11.4 Å².